The molecule has 5 nitrogen and oxygen atoms in total. The molecule has 0 aromatic carbocycles. The Bertz CT molecular complexity index is 446. The molecule has 0 saturated carbocycles. The van der Waals surface area contributed by atoms with Crippen LogP contribution in [0.25, 0.3) is 0 Å². The zero-order valence-corrected chi connectivity index (χ0v) is 13.2. The Kier molecular flexibility index (Phi) is 7.02. The minimum Gasteiger partial charge on any atom is -0.481 e. The standard InChI is InChI=1S/C14H24ClN3O2/c1-4-18-12(14(15)11(3)17-18)9-16-8-7-10(2)5-6-13(19)20/h10,16H,4-9H2,1-3H3,(H,19,20). The summed E-state index contributed by atoms with van der Waals surface area (Å²) in [6.07, 6.45) is 1.93. The largest absolute Gasteiger partial charge is 0.481 e. The second-order valence-electron chi connectivity index (χ2n) is 5.16. The van der Waals surface area contributed by atoms with Crippen molar-refractivity contribution < 1.29 is 9.90 Å². The number of aryl methyl sites for hydroxylation is 2. The van der Waals surface area contributed by atoms with E-state index in [9.17, 15) is 4.79 Å². The molecule has 1 aromatic rings. The van der Waals surface area contributed by atoms with Crippen LogP contribution in [0, 0.1) is 12.8 Å². The zero-order valence-electron chi connectivity index (χ0n) is 12.4. The number of carbonyl (C=O) groups is 1. The molecule has 0 aliphatic carbocycles. The summed E-state index contributed by atoms with van der Waals surface area (Å²) in [5, 5.41) is 17.1. The first-order valence-electron chi connectivity index (χ1n) is 7.10. The van der Waals surface area contributed by atoms with Crippen LogP contribution in [0.1, 0.15) is 44.5 Å². The minimum absolute atomic E-state index is 0.245. The van der Waals surface area contributed by atoms with E-state index < -0.39 is 5.97 Å². The minimum atomic E-state index is -0.723. The first kappa shape index (κ1) is 17.0. The molecule has 0 saturated heterocycles. The van der Waals surface area contributed by atoms with Gasteiger partial charge >= 0.3 is 5.97 Å². The molecular weight excluding hydrogens is 278 g/mol. The van der Waals surface area contributed by atoms with Gasteiger partial charge in [-0.05, 0) is 39.2 Å². The number of hydrogen-bond acceptors (Lipinski definition) is 3. The molecule has 0 fully saturated rings. The zero-order chi connectivity index (χ0) is 15.1. The number of carboxylic acid groups (broad SMARTS) is 1. The Labute approximate surface area is 125 Å². The first-order valence-corrected chi connectivity index (χ1v) is 7.47. The van der Waals surface area contributed by atoms with Gasteiger partial charge in [0, 0.05) is 19.5 Å². The second kappa shape index (κ2) is 8.27. The Morgan fingerprint density at radius 2 is 2.20 bits per heavy atom. The van der Waals surface area contributed by atoms with Crippen LogP contribution >= 0.6 is 11.6 Å². The Hall–Kier alpha value is -1.07. The van der Waals surface area contributed by atoms with E-state index in [2.05, 4.69) is 17.3 Å². The molecule has 2 N–H and O–H groups in total. The number of aliphatic carboxylic acids is 1. The molecule has 0 spiro atoms. The lowest BCUT2D eigenvalue weighted by molar-refractivity contribution is -0.137. The smallest absolute Gasteiger partial charge is 0.303 e. The predicted molar refractivity (Wildman–Crippen MR) is 80.0 cm³/mol. The van der Waals surface area contributed by atoms with Crippen molar-refractivity contribution in [2.75, 3.05) is 6.54 Å². The number of aromatic nitrogens is 2. The summed E-state index contributed by atoms with van der Waals surface area (Å²) < 4.78 is 1.92. The molecule has 1 atom stereocenters. The summed E-state index contributed by atoms with van der Waals surface area (Å²) in [7, 11) is 0. The molecule has 114 valence electrons. The van der Waals surface area contributed by atoms with E-state index in [1.807, 2.05) is 18.5 Å². The van der Waals surface area contributed by atoms with Gasteiger partial charge in [-0.25, -0.2) is 0 Å². The lowest BCUT2D eigenvalue weighted by Crippen LogP contribution is -2.19. The van der Waals surface area contributed by atoms with Gasteiger partial charge in [0.05, 0.1) is 16.4 Å². The van der Waals surface area contributed by atoms with Crippen molar-refractivity contribution in [1.82, 2.24) is 15.1 Å². The number of halogens is 1. The van der Waals surface area contributed by atoms with Gasteiger partial charge in [-0.3, -0.25) is 9.48 Å². The summed E-state index contributed by atoms with van der Waals surface area (Å²) in [4.78, 5) is 10.5. The molecule has 1 rings (SSSR count). The van der Waals surface area contributed by atoms with Crippen molar-refractivity contribution >= 4 is 17.6 Å². The Balaban J connectivity index is 2.32. The molecule has 1 aromatic heterocycles. The first-order chi connectivity index (χ1) is 9.45. The average molecular weight is 302 g/mol. The van der Waals surface area contributed by atoms with Crippen LogP contribution in [-0.2, 0) is 17.9 Å². The van der Waals surface area contributed by atoms with Crippen molar-refractivity contribution in [3.8, 4) is 0 Å². The number of rotatable bonds is 9. The van der Waals surface area contributed by atoms with E-state index in [1.165, 1.54) is 0 Å². The van der Waals surface area contributed by atoms with Gasteiger partial charge in [0.25, 0.3) is 0 Å². The predicted octanol–water partition coefficient (Wildman–Crippen LogP) is 2.85. The highest BCUT2D eigenvalue weighted by Gasteiger charge is 2.12. The third kappa shape index (κ3) is 5.13. The van der Waals surface area contributed by atoms with Crippen molar-refractivity contribution in [2.45, 2.75) is 53.1 Å². The van der Waals surface area contributed by atoms with E-state index in [1.54, 1.807) is 0 Å². The van der Waals surface area contributed by atoms with Gasteiger partial charge in [0.2, 0.25) is 0 Å². The Morgan fingerprint density at radius 1 is 1.50 bits per heavy atom. The Morgan fingerprint density at radius 3 is 2.80 bits per heavy atom. The maximum atomic E-state index is 10.5. The number of nitrogens with zero attached hydrogens (tertiary/aromatic N) is 2. The molecular formula is C14H24ClN3O2. The molecule has 0 bridgehead atoms. The molecule has 0 radical (unpaired) electrons. The van der Waals surface area contributed by atoms with Gasteiger partial charge in [-0.1, -0.05) is 18.5 Å². The molecule has 20 heavy (non-hydrogen) atoms. The van der Waals surface area contributed by atoms with Crippen molar-refractivity contribution in [2.24, 2.45) is 5.92 Å². The highest BCUT2D eigenvalue weighted by Crippen LogP contribution is 2.20. The van der Waals surface area contributed by atoms with E-state index in [4.69, 9.17) is 16.7 Å². The van der Waals surface area contributed by atoms with Gasteiger partial charge in [0.15, 0.2) is 0 Å². The summed E-state index contributed by atoms with van der Waals surface area (Å²) in [6, 6.07) is 0. The molecule has 0 amide bonds. The summed E-state index contributed by atoms with van der Waals surface area (Å²) in [5.41, 5.74) is 1.88. The average Bonchev–Trinajstić information content (AvgIpc) is 2.68. The summed E-state index contributed by atoms with van der Waals surface area (Å²) in [6.45, 7) is 8.38. The van der Waals surface area contributed by atoms with Crippen molar-refractivity contribution in [1.29, 1.82) is 0 Å². The van der Waals surface area contributed by atoms with Crippen LogP contribution < -0.4 is 5.32 Å². The van der Waals surface area contributed by atoms with Gasteiger partial charge in [0.1, 0.15) is 0 Å². The number of hydrogen-bond donors (Lipinski definition) is 2. The van der Waals surface area contributed by atoms with Gasteiger partial charge in [-0.2, -0.15) is 5.10 Å². The van der Waals surface area contributed by atoms with E-state index in [0.717, 1.165) is 42.3 Å². The lowest BCUT2D eigenvalue weighted by atomic mass is 10.0. The lowest BCUT2D eigenvalue weighted by Gasteiger charge is -2.11. The number of carboxylic acids is 1. The molecule has 0 aliphatic rings. The maximum absolute atomic E-state index is 10.5. The molecule has 0 aliphatic heterocycles. The summed E-state index contributed by atoms with van der Waals surface area (Å²) >= 11 is 6.23. The van der Waals surface area contributed by atoms with E-state index in [0.29, 0.717) is 12.5 Å². The third-order valence-electron chi connectivity index (χ3n) is 3.41. The maximum Gasteiger partial charge on any atom is 0.303 e. The summed E-state index contributed by atoms with van der Waals surface area (Å²) in [5.74, 6) is -0.314. The molecule has 6 heteroatoms. The van der Waals surface area contributed by atoms with Gasteiger partial charge in [-0.15, -0.1) is 0 Å². The third-order valence-corrected chi connectivity index (χ3v) is 3.90. The van der Waals surface area contributed by atoms with E-state index in [-0.39, 0.29) is 6.42 Å². The molecule has 1 heterocycles. The van der Waals surface area contributed by atoms with Crippen LogP contribution in [0.4, 0.5) is 0 Å². The quantitative estimate of drug-likeness (QED) is 0.688. The topological polar surface area (TPSA) is 67.2 Å². The van der Waals surface area contributed by atoms with Crippen molar-refractivity contribution in [3.63, 3.8) is 0 Å². The fraction of sp³-hybridized carbons (Fsp3) is 0.714. The molecule has 1 unspecified atom stereocenters. The monoisotopic (exact) mass is 301 g/mol. The SMILES string of the molecule is CCn1nc(C)c(Cl)c1CNCCC(C)CCC(=O)O. The normalized spacial score (nSPS) is 12.6. The number of nitrogens with one attached hydrogen (secondary N) is 1. The second-order valence-corrected chi connectivity index (χ2v) is 5.54. The highest BCUT2D eigenvalue weighted by molar-refractivity contribution is 6.31. The van der Waals surface area contributed by atoms with E-state index >= 15 is 0 Å². The van der Waals surface area contributed by atoms with Crippen LogP contribution in [0.2, 0.25) is 5.02 Å². The van der Waals surface area contributed by atoms with Crippen LogP contribution in [0.15, 0.2) is 0 Å². The fourth-order valence-electron chi connectivity index (χ4n) is 2.11. The van der Waals surface area contributed by atoms with Gasteiger partial charge < -0.3 is 10.4 Å². The van der Waals surface area contributed by atoms with Crippen LogP contribution in [-0.4, -0.2) is 27.4 Å². The fourth-order valence-corrected chi connectivity index (χ4v) is 2.31. The highest BCUT2D eigenvalue weighted by atomic mass is 35.5. The van der Waals surface area contributed by atoms with Crippen LogP contribution in [0.3, 0.4) is 0 Å². The van der Waals surface area contributed by atoms with Crippen LogP contribution in [0.5, 0.6) is 0 Å². The van der Waals surface area contributed by atoms with Crippen molar-refractivity contribution in [3.05, 3.63) is 16.4 Å².